The van der Waals surface area contributed by atoms with Gasteiger partial charge in [-0.3, -0.25) is 0 Å². The predicted molar refractivity (Wildman–Crippen MR) is 67.0 cm³/mol. The van der Waals surface area contributed by atoms with Gasteiger partial charge < -0.3 is 20.8 Å². The minimum atomic E-state index is -0.955. The maximum absolute atomic E-state index is 10.3. The van der Waals surface area contributed by atoms with Crippen LogP contribution in [0.4, 0.5) is 0 Å². The van der Waals surface area contributed by atoms with Crippen LogP contribution in [0.2, 0.25) is 0 Å². The van der Waals surface area contributed by atoms with Crippen LogP contribution in [0.5, 0.6) is 0 Å². The van der Waals surface area contributed by atoms with Gasteiger partial charge in [0.05, 0.1) is 5.60 Å². The Bertz CT molecular complexity index is 364. The lowest BCUT2D eigenvalue weighted by atomic mass is 10.0. The van der Waals surface area contributed by atoms with E-state index in [-0.39, 0.29) is 0 Å². The van der Waals surface area contributed by atoms with Crippen molar-refractivity contribution in [2.75, 3.05) is 7.05 Å². The molecule has 0 spiro atoms. The third-order valence-electron chi connectivity index (χ3n) is 3.77. The van der Waals surface area contributed by atoms with Crippen molar-refractivity contribution < 1.29 is 10.2 Å². The molecule has 2 aliphatic rings. The minimum absolute atomic E-state index is 0.672. The molecule has 2 unspecified atom stereocenters. The van der Waals surface area contributed by atoms with Gasteiger partial charge in [-0.2, -0.15) is 0 Å². The monoisotopic (exact) mass is 238 g/mol. The fourth-order valence-corrected chi connectivity index (χ4v) is 2.53. The van der Waals surface area contributed by atoms with E-state index in [4.69, 9.17) is 0 Å². The summed E-state index contributed by atoms with van der Waals surface area (Å²) >= 11 is 0. The maximum Gasteiger partial charge on any atom is 0.156 e. The van der Waals surface area contributed by atoms with Crippen molar-refractivity contribution in [3.05, 3.63) is 23.5 Å². The number of aliphatic hydroxyl groups is 2. The van der Waals surface area contributed by atoms with Gasteiger partial charge in [-0.05, 0) is 37.8 Å². The topological polar surface area (TPSA) is 64.5 Å². The fraction of sp³-hybridized carbons (Fsp3) is 0.692. The lowest BCUT2D eigenvalue weighted by molar-refractivity contribution is 0.0645. The summed E-state index contributed by atoms with van der Waals surface area (Å²) in [5.74, 6) is 0. The molecule has 0 saturated carbocycles. The zero-order valence-electron chi connectivity index (χ0n) is 10.6. The van der Waals surface area contributed by atoms with E-state index < -0.39 is 11.3 Å². The van der Waals surface area contributed by atoms with Crippen molar-refractivity contribution in [2.45, 2.75) is 50.4 Å². The van der Waals surface area contributed by atoms with Crippen molar-refractivity contribution in [2.24, 2.45) is 0 Å². The van der Waals surface area contributed by atoms with Crippen molar-refractivity contribution >= 4 is 0 Å². The van der Waals surface area contributed by atoms with Gasteiger partial charge in [0.1, 0.15) is 0 Å². The standard InChI is InChI=1S/C13H22N2O2/c1-3-12(16)6-4-11(8-12)15-13(17)7-5-10(9-13)14-2/h8-9,14-17H,3-7H2,1-2H3. The third kappa shape index (κ3) is 2.64. The molecule has 0 amide bonds. The lowest BCUT2D eigenvalue weighted by Crippen LogP contribution is -2.40. The Kier molecular flexibility index (Phi) is 3.19. The Morgan fingerprint density at radius 1 is 1.18 bits per heavy atom. The molecule has 0 radical (unpaired) electrons. The highest BCUT2D eigenvalue weighted by Gasteiger charge is 2.34. The highest BCUT2D eigenvalue weighted by Crippen LogP contribution is 2.32. The molecule has 2 atom stereocenters. The predicted octanol–water partition coefficient (Wildman–Crippen LogP) is 0.980. The van der Waals surface area contributed by atoms with E-state index in [9.17, 15) is 10.2 Å². The molecule has 4 heteroatoms. The molecule has 0 aromatic rings. The maximum atomic E-state index is 10.3. The molecule has 0 heterocycles. The van der Waals surface area contributed by atoms with Crippen LogP contribution in [0, 0.1) is 0 Å². The summed E-state index contributed by atoms with van der Waals surface area (Å²) in [7, 11) is 1.86. The molecule has 4 nitrogen and oxygen atoms in total. The SMILES string of the molecule is CCC1(O)C=C(NC2(O)C=C(NC)CC2)CC1. The Morgan fingerprint density at radius 3 is 2.41 bits per heavy atom. The number of hydrogen-bond donors (Lipinski definition) is 4. The summed E-state index contributed by atoms with van der Waals surface area (Å²) in [5, 5.41) is 26.7. The van der Waals surface area contributed by atoms with Crippen LogP contribution in [0.1, 0.15) is 39.0 Å². The van der Waals surface area contributed by atoms with E-state index >= 15 is 0 Å². The van der Waals surface area contributed by atoms with Gasteiger partial charge in [0.2, 0.25) is 0 Å². The largest absolute Gasteiger partial charge is 0.392 e. The molecule has 0 aromatic heterocycles. The minimum Gasteiger partial charge on any atom is -0.392 e. The van der Waals surface area contributed by atoms with Crippen molar-refractivity contribution in [1.82, 2.24) is 10.6 Å². The summed E-state index contributed by atoms with van der Waals surface area (Å²) in [5.41, 5.74) is 0.366. The van der Waals surface area contributed by atoms with E-state index in [0.29, 0.717) is 12.8 Å². The lowest BCUT2D eigenvalue weighted by Gasteiger charge is -2.24. The van der Waals surface area contributed by atoms with Crippen LogP contribution in [0.25, 0.3) is 0 Å². The molecular formula is C13H22N2O2. The van der Waals surface area contributed by atoms with Gasteiger partial charge in [-0.15, -0.1) is 0 Å². The Hall–Kier alpha value is -1.00. The molecular weight excluding hydrogens is 216 g/mol. The molecule has 0 aromatic carbocycles. The summed E-state index contributed by atoms with van der Waals surface area (Å²) in [6.45, 7) is 1.97. The second-order valence-corrected chi connectivity index (χ2v) is 5.10. The van der Waals surface area contributed by atoms with Gasteiger partial charge in [-0.1, -0.05) is 6.92 Å². The smallest absolute Gasteiger partial charge is 0.156 e. The van der Waals surface area contributed by atoms with Gasteiger partial charge in [0, 0.05) is 24.9 Å². The van der Waals surface area contributed by atoms with E-state index in [2.05, 4.69) is 10.6 Å². The summed E-state index contributed by atoms with van der Waals surface area (Å²) in [6, 6.07) is 0. The van der Waals surface area contributed by atoms with Crippen LogP contribution in [-0.4, -0.2) is 28.6 Å². The number of allylic oxidation sites excluding steroid dienone is 2. The first kappa shape index (κ1) is 12.5. The number of rotatable bonds is 4. The molecule has 0 bridgehead atoms. The van der Waals surface area contributed by atoms with Crippen molar-refractivity contribution in [1.29, 1.82) is 0 Å². The molecule has 0 saturated heterocycles. The molecule has 96 valence electrons. The van der Waals surface area contributed by atoms with Crippen LogP contribution >= 0.6 is 0 Å². The molecule has 2 rings (SSSR count). The third-order valence-corrected chi connectivity index (χ3v) is 3.77. The van der Waals surface area contributed by atoms with Crippen LogP contribution < -0.4 is 10.6 Å². The quantitative estimate of drug-likeness (QED) is 0.551. The molecule has 4 N–H and O–H groups in total. The second-order valence-electron chi connectivity index (χ2n) is 5.10. The highest BCUT2D eigenvalue weighted by atomic mass is 16.3. The highest BCUT2D eigenvalue weighted by molar-refractivity contribution is 5.23. The van der Waals surface area contributed by atoms with Crippen LogP contribution in [0.15, 0.2) is 23.5 Å². The van der Waals surface area contributed by atoms with E-state index in [1.54, 1.807) is 0 Å². The summed E-state index contributed by atoms with van der Waals surface area (Å²) < 4.78 is 0. The van der Waals surface area contributed by atoms with Crippen LogP contribution in [0.3, 0.4) is 0 Å². The Labute approximate surface area is 102 Å². The normalized spacial score (nSPS) is 36.7. The van der Waals surface area contributed by atoms with E-state index in [1.807, 2.05) is 26.1 Å². The van der Waals surface area contributed by atoms with Gasteiger partial charge in [0.15, 0.2) is 5.72 Å². The first-order chi connectivity index (χ1) is 7.99. The van der Waals surface area contributed by atoms with Crippen LogP contribution in [-0.2, 0) is 0 Å². The van der Waals surface area contributed by atoms with Crippen molar-refractivity contribution in [3.63, 3.8) is 0 Å². The number of hydrogen-bond acceptors (Lipinski definition) is 4. The Balaban J connectivity index is 2.03. The number of nitrogens with one attached hydrogen (secondary N) is 2. The zero-order valence-corrected chi connectivity index (χ0v) is 10.6. The molecule has 0 aliphatic heterocycles. The van der Waals surface area contributed by atoms with E-state index in [1.165, 1.54) is 0 Å². The Morgan fingerprint density at radius 2 is 1.88 bits per heavy atom. The first-order valence-corrected chi connectivity index (χ1v) is 6.33. The van der Waals surface area contributed by atoms with Gasteiger partial charge >= 0.3 is 0 Å². The van der Waals surface area contributed by atoms with Gasteiger partial charge in [0.25, 0.3) is 0 Å². The zero-order chi connectivity index (χ0) is 12.5. The fourth-order valence-electron chi connectivity index (χ4n) is 2.53. The van der Waals surface area contributed by atoms with E-state index in [0.717, 1.165) is 30.7 Å². The average molecular weight is 238 g/mol. The first-order valence-electron chi connectivity index (χ1n) is 6.33. The van der Waals surface area contributed by atoms with Gasteiger partial charge in [-0.25, -0.2) is 0 Å². The summed E-state index contributed by atoms with van der Waals surface area (Å²) in [4.78, 5) is 0. The molecule has 2 aliphatic carbocycles. The summed E-state index contributed by atoms with van der Waals surface area (Å²) in [6.07, 6.45) is 7.47. The average Bonchev–Trinajstić information content (AvgIpc) is 2.84. The molecule has 0 fully saturated rings. The molecule has 17 heavy (non-hydrogen) atoms. The van der Waals surface area contributed by atoms with Crippen molar-refractivity contribution in [3.8, 4) is 0 Å². The second kappa shape index (κ2) is 4.35.